The molecule has 0 amide bonds. The molecule has 68 valence electrons. The van der Waals surface area contributed by atoms with Crippen molar-refractivity contribution in [2.75, 3.05) is 0 Å². The van der Waals surface area contributed by atoms with Gasteiger partial charge in [0, 0.05) is 11.3 Å². The number of halogens is 1. The first-order chi connectivity index (χ1) is 6.25. The molecule has 2 aliphatic carbocycles. The molecule has 0 saturated heterocycles. The van der Waals surface area contributed by atoms with Crippen LogP contribution in [0.15, 0.2) is 18.2 Å². The summed E-state index contributed by atoms with van der Waals surface area (Å²) in [5.41, 5.74) is 4.50. The fourth-order valence-electron chi connectivity index (χ4n) is 2.95. The van der Waals surface area contributed by atoms with Gasteiger partial charge in [-0.3, -0.25) is 0 Å². The molecule has 0 nitrogen and oxygen atoms in total. The summed E-state index contributed by atoms with van der Waals surface area (Å²) in [5, 5.41) is 0.403. The van der Waals surface area contributed by atoms with Gasteiger partial charge in [0.2, 0.25) is 0 Å². The lowest BCUT2D eigenvalue weighted by Crippen LogP contribution is -2.09. The van der Waals surface area contributed by atoms with Crippen LogP contribution in [0.25, 0.3) is 0 Å². The minimum atomic E-state index is 0.403. The normalized spacial score (nSPS) is 35.1. The standard InChI is InChI=1S/C12H13Cl/c1-7-2-3-9-10(4-7)8-5-11(9)12(13)6-8/h2-4,8,11-12H,5-6H2,1H3/t8-,11-,12+/m1/s1. The average Bonchev–Trinajstić information content (AvgIpc) is 2.61. The maximum atomic E-state index is 6.28. The van der Waals surface area contributed by atoms with Crippen molar-refractivity contribution in [3.05, 3.63) is 34.9 Å². The van der Waals surface area contributed by atoms with Crippen LogP contribution >= 0.6 is 11.6 Å². The molecule has 1 aromatic rings. The topological polar surface area (TPSA) is 0 Å². The van der Waals surface area contributed by atoms with E-state index in [0.717, 1.165) is 5.92 Å². The Bertz CT molecular complexity index is 356. The van der Waals surface area contributed by atoms with Crippen LogP contribution in [0.3, 0.4) is 0 Å². The minimum absolute atomic E-state index is 0.403. The number of rotatable bonds is 0. The summed E-state index contributed by atoms with van der Waals surface area (Å²) < 4.78 is 0. The molecule has 0 heterocycles. The molecule has 0 radical (unpaired) electrons. The fourth-order valence-corrected chi connectivity index (χ4v) is 3.40. The third-order valence-corrected chi connectivity index (χ3v) is 4.05. The zero-order valence-electron chi connectivity index (χ0n) is 7.76. The van der Waals surface area contributed by atoms with Crippen molar-refractivity contribution in [2.24, 2.45) is 0 Å². The third-order valence-electron chi connectivity index (χ3n) is 3.57. The van der Waals surface area contributed by atoms with Gasteiger partial charge in [-0.15, -0.1) is 11.6 Å². The predicted octanol–water partition coefficient (Wildman–Crippen LogP) is 3.58. The van der Waals surface area contributed by atoms with Gasteiger partial charge >= 0.3 is 0 Å². The van der Waals surface area contributed by atoms with E-state index in [2.05, 4.69) is 25.1 Å². The summed E-state index contributed by atoms with van der Waals surface area (Å²) in [7, 11) is 0. The van der Waals surface area contributed by atoms with Crippen molar-refractivity contribution < 1.29 is 0 Å². The van der Waals surface area contributed by atoms with Crippen LogP contribution in [0.5, 0.6) is 0 Å². The minimum Gasteiger partial charge on any atom is -0.122 e. The molecule has 1 aromatic carbocycles. The van der Waals surface area contributed by atoms with Crippen LogP contribution in [0, 0.1) is 6.92 Å². The molecule has 3 rings (SSSR count). The van der Waals surface area contributed by atoms with Crippen LogP contribution in [-0.2, 0) is 0 Å². The van der Waals surface area contributed by atoms with Crippen LogP contribution < -0.4 is 0 Å². The molecule has 0 unspecified atom stereocenters. The van der Waals surface area contributed by atoms with Crippen molar-refractivity contribution >= 4 is 11.6 Å². The van der Waals surface area contributed by atoms with Crippen molar-refractivity contribution in [1.82, 2.24) is 0 Å². The second kappa shape index (κ2) is 2.51. The van der Waals surface area contributed by atoms with E-state index in [1.807, 2.05) is 0 Å². The van der Waals surface area contributed by atoms with Gasteiger partial charge in [-0.2, -0.15) is 0 Å². The van der Waals surface area contributed by atoms with Crippen LogP contribution in [-0.4, -0.2) is 5.38 Å². The number of hydrogen-bond acceptors (Lipinski definition) is 0. The van der Waals surface area contributed by atoms with Gasteiger partial charge in [0.05, 0.1) is 0 Å². The van der Waals surface area contributed by atoms with E-state index in [-0.39, 0.29) is 0 Å². The second-order valence-corrected chi connectivity index (χ2v) is 4.98. The Morgan fingerprint density at radius 1 is 1.23 bits per heavy atom. The molecule has 13 heavy (non-hydrogen) atoms. The Balaban J connectivity index is 2.16. The van der Waals surface area contributed by atoms with E-state index < -0.39 is 0 Å². The van der Waals surface area contributed by atoms with E-state index in [4.69, 9.17) is 11.6 Å². The number of alkyl halides is 1. The van der Waals surface area contributed by atoms with Crippen LogP contribution in [0.1, 0.15) is 41.4 Å². The first-order valence-electron chi connectivity index (χ1n) is 5.00. The lowest BCUT2D eigenvalue weighted by Gasteiger charge is -2.19. The van der Waals surface area contributed by atoms with Gasteiger partial charge in [0.15, 0.2) is 0 Å². The van der Waals surface area contributed by atoms with Gasteiger partial charge in [0.25, 0.3) is 0 Å². The van der Waals surface area contributed by atoms with Crippen LogP contribution in [0.4, 0.5) is 0 Å². The van der Waals surface area contributed by atoms with Gasteiger partial charge in [0.1, 0.15) is 0 Å². The van der Waals surface area contributed by atoms with E-state index in [1.54, 1.807) is 5.56 Å². The van der Waals surface area contributed by atoms with Gasteiger partial charge < -0.3 is 0 Å². The monoisotopic (exact) mass is 192 g/mol. The molecule has 2 aliphatic rings. The zero-order valence-corrected chi connectivity index (χ0v) is 8.51. The average molecular weight is 193 g/mol. The SMILES string of the molecule is Cc1ccc2c(c1)[C@@H]1C[C@H]2[C@@H](Cl)C1. The quantitative estimate of drug-likeness (QED) is 0.552. The summed E-state index contributed by atoms with van der Waals surface area (Å²) in [6, 6.07) is 6.84. The van der Waals surface area contributed by atoms with E-state index in [0.29, 0.717) is 11.3 Å². The highest BCUT2D eigenvalue weighted by atomic mass is 35.5. The second-order valence-electron chi connectivity index (χ2n) is 4.42. The molecular weight excluding hydrogens is 180 g/mol. The Morgan fingerprint density at radius 2 is 2.08 bits per heavy atom. The van der Waals surface area contributed by atoms with Crippen molar-refractivity contribution in [2.45, 2.75) is 37.0 Å². The Hall–Kier alpha value is -0.490. The summed E-state index contributed by atoms with van der Waals surface area (Å²) in [5.74, 6) is 1.42. The lowest BCUT2D eigenvalue weighted by atomic mass is 9.90. The lowest BCUT2D eigenvalue weighted by molar-refractivity contribution is 0.725. The highest BCUT2D eigenvalue weighted by molar-refractivity contribution is 6.21. The van der Waals surface area contributed by atoms with Crippen LogP contribution in [0.2, 0.25) is 0 Å². The molecule has 2 bridgehead atoms. The largest absolute Gasteiger partial charge is 0.122 e. The number of aryl methyl sites for hydroxylation is 1. The predicted molar refractivity (Wildman–Crippen MR) is 55.5 cm³/mol. The van der Waals surface area contributed by atoms with Crippen molar-refractivity contribution in [3.63, 3.8) is 0 Å². The Morgan fingerprint density at radius 3 is 2.92 bits per heavy atom. The molecule has 0 aliphatic heterocycles. The summed E-state index contributed by atoms with van der Waals surface area (Å²) >= 11 is 6.28. The number of fused-ring (bicyclic) bond motifs is 5. The van der Waals surface area contributed by atoms with Gasteiger partial charge in [-0.1, -0.05) is 23.8 Å². The molecule has 0 spiro atoms. The smallest absolute Gasteiger partial charge is 0.0410 e. The van der Waals surface area contributed by atoms with Gasteiger partial charge in [-0.05, 0) is 36.8 Å². The Labute approximate surface area is 83.9 Å². The van der Waals surface area contributed by atoms with E-state index in [9.17, 15) is 0 Å². The molecule has 3 atom stereocenters. The fraction of sp³-hybridized carbons (Fsp3) is 0.500. The maximum absolute atomic E-state index is 6.28. The Kier molecular flexibility index (Phi) is 1.52. The number of hydrogen-bond donors (Lipinski definition) is 0. The molecular formula is C12H13Cl. The van der Waals surface area contributed by atoms with Gasteiger partial charge in [-0.25, -0.2) is 0 Å². The summed E-state index contributed by atoms with van der Waals surface area (Å²) in [6.07, 6.45) is 2.50. The summed E-state index contributed by atoms with van der Waals surface area (Å²) in [4.78, 5) is 0. The third kappa shape index (κ3) is 0.985. The first-order valence-corrected chi connectivity index (χ1v) is 5.44. The van der Waals surface area contributed by atoms with Crippen molar-refractivity contribution in [1.29, 1.82) is 0 Å². The van der Waals surface area contributed by atoms with E-state index >= 15 is 0 Å². The maximum Gasteiger partial charge on any atom is 0.0410 e. The molecule has 0 aromatic heterocycles. The molecule has 1 fully saturated rings. The zero-order chi connectivity index (χ0) is 9.00. The first kappa shape index (κ1) is 7.87. The number of benzene rings is 1. The highest BCUT2D eigenvalue weighted by Crippen LogP contribution is 2.54. The summed E-state index contributed by atoms with van der Waals surface area (Å²) in [6.45, 7) is 2.17. The molecule has 1 heteroatoms. The molecule has 1 saturated carbocycles. The molecule has 0 N–H and O–H groups in total. The van der Waals surface area contributed by atoms with E-state index in [1.165, 1.54) is 24.0 Å². The highest BCUT2D eigenvalue weighted by Gasteiger charge is 2.42. The van der Waals surface area contributed by atoms with Crippen molar-refractivity contribution in [3.8, 4) is 0 Å².